The van der Waals surface area contributed by atoms with Crippen LogP contribution in [0.1, 0.15) is 26.1 Å². The Morgan fingerprint density at radius 3 is 2.57 bits per heavy atom. The summed E-state index contributed by atoms with van der Waals surface area (Å²) in [6, 6.07) is 4.76. The molecule has 0 atom stereocenters. The second kappa shape index (κ2) is 8.70. The Balaban J connectivity index is 2.06. The van der Waals surface area contributed by atoms with Crippen LogP contribution in [0, 0.1) is 0 Å². The monoisotopic (exact) mass is 410 g/mol. The minimum atomic E-state index is -3.55. The predicted molar refractivity (Wildman–Crippen MR) is 104 cm³/mol. The number of amides is 1. The van der Waals surface area contributed by atoms with Crippen LogP contribution in [0.4, 0.5) is 0 Å². The van der Waals surface area contributed by atoms with Gasteiger partial charge < -0.3 is 14.6 Å². The van der Waals surface area contributed by atoms with E-state index < -0.39 is 16.0 Å². The van der Waals surface area contributed by atoms with Crippen LogP contribution < -0.4 is 5.32 Å². The van der Waals surface area contributed by atoms with E-state index in [-0.39, 0.29) is 29.9 Å². The minimum absolute atomic E-state index is 0.148. The zero-order chi connectivity index (χ0) is 21.1. The van der Waals surface area contributed by atoms with Gasteiger partial charge in [-0.15, -0.1) is 0 Å². The number of aromatic nitrogens is 2. The Hall–Kier alpha value is -2.46. The van der Waals surface area contributed by atoms with Crippen molar-refractivity contribution >= 4 is 32.9 Å². The van der Waals surface area contributed by atoms with Gasteiger partial charge in [-0.25, -0.2) is 17.7 Å². The lowest BCUT2D eigenvalue weighted by Crippen LogP contribution is -2.31. The fraction of sp³-hybridized carbons (Fsp3) is 0.500. The van der Waals surface area contributed by atoms with Gasteiger partial charge in [0.1, 0.15) is 12.4 Å². The molecule has 1 aromatic heterocycles. The van der Waals surface area contributed by atoms with Gasteiger partial charge in [-0.05, 0) is 32.0 Å². The topological polar surface area (TPSA) is 111 Å². The summed E-state index contributed by atoms with van der Waals surface area (Å²) >= 11 is 0. The molecule has 0 aliphatic carbocycles. The summed E-state index contributed by atoms with van der Waals surface area (Å²) in [4.78, 5) is 28.0. The van der Waals surface area contributed by atoms with E-state index in [1.54, 1.807) is 19.9 Å². The molecule has 1 amide bonds. The van der Waals surface area contributed by atoms with E-state index in [9.17, 15) is 18.0 Å². The Morgan fingerprint density at radius 1 is 1.29 bits per heavy atom. The molecule has 10 heteroatoms. The molecule has 0 aliphatic heterocycles. The summed E-state index contributed by atoms with van der Waals surface area (Å²) in [5.41, 5.74) is 1.31. The number of esters is 1. The van der Waals surface area contributed by atoms with Gasteiger partial charge in [0.05, 0.1) is 22.0 Å². The van der Waals surface area contributed by atoms with Gasteiger partial charge in [-0.2, -0.15) is 0 Å². The highest BCUT2D eigenvalue weighted by Crippen LogP contribution is 2.21. The summed E-state index contributed by atoms with van der Waals surface area (Å²) in [6.07, 6.45) is 0.270. The Kier molecular flexibility index (Phi) is 6.78. The number of ether oxygens (including phenoxy) is 1. The predicted octanol–water partition coefficient (Wildman–Crippen LogP) is 0.824. The van der Waals surface area contributed by atoms with Crippen molar-refractivity contribution < 1.29 is 22.7 Å². The largest absolute Gasteiger partial charge is 0.462 e. The number of nitrogens with one attached hydrogen (secondary N) is 1. The van der Waals surface area contributed by atoms with E-state index >= 15 is 0 Å². The fourth-order valence-corrected chi connectivity index (χ4v) is 3.54. The van der Waals surface area contributed by atoms with Crippen LogP contribution in [0.5, 0.6) is 0 Å². The third kappa shape index (κ3) is 5.08. The van der Waals surface area contributed by atoms with E-state index in [1.807, 2.05) is 11.6 Å². The molecule has 0 bridgehead atoms. The van der Waals surface area contributed by atoms with Crippen LogP contribution in [-0.4, -0.2) is 60.9 Å². The molecule has 9 nitrogen and oxygen atoms in total. The summed E-state index contributed by atoms with van der Waals surface area (Å²) < 4.78 is 32.5. The third-order valence-corrected chi connectivity index (χ3v) is 5.91. The van der Waals surface area contributed by atoms with Gasteiger partial charge >= 0.3 is 5.97 Å². The van der Waals surface area contributed by atoms with Gasteiger partial charge in [0.15, 0.2) is 0 Å². The SMILES string of the molecule is CC(C)OC(=O)CNC(=O)CCc1nc2cc(S(=O)(=O)N(C)C)ccc2n1C. The molecule has 0 radical (unpaired) electrons. The number of aryl methyl sites for hydroxylation is 2. The van der Waals surface area contributed by atoms with Crippen molar-refractivity contribution in [2.45, 2.75) is 37.7 Å². The summed E-state index contributed by atoms with van der Waals surface area (Å²) in [7, 11) is 1.20. The highest BCUT2D eigenvalue weighted by molar-refractivity contribution is 7.89. The number of fused-ring (bicyclic) bond motifs is 1. The van der Waals surface area contributed by atoms with Crippen LogP contribution in [0.2, 0.25) is 0 Å². The lowest BCUT2D eigenvalue weighted by Gasteiger charge is -2.10. The summed E-state index contributed by atoms with van der Waals surface area (Å²) in [6.45, 7) is 3.30. The molecule has 2 aromatic rings. The summed E-state index contributed by atoms with van der Waals surface area (Å²) in [5, 5.41) is 2.52. The number of sulfonamides is 1. The van der Waals surface area contributed by atoms with Crippen LogP contribution in [-0.2, 0) is 37.8 Å². The number of benzene rings is 1. The van der Waals surface area contributed by atoms with E-state index in [0.29, 0.717) is 17.8 Å². The molecule has 0 spiro atoms. The average Bonchev–Trinajstić information content (AvgIpc) is 2.93. The van der Waals surface area contributed by atoms with E-state index in [0.717, 1.165) is 9.82 Å². The highest BCUT2D eigenvalue weighted by atomic mass is 32.2. The van der Waals surface area contributed by atoms with Crippen molar-refractivity contribution in [2.75, 3.05) is 20.6 Å². The van der Waals surface area contributed by atoms with Crippen molar-refractivity contribution in [3.05, 3.63) is 24.0 Å². The molecule has 1 aromatic carbocycles. The first-order valence-corrected chi connectivity index (χ1v) is 10.3. The highest BCUT2D eigenvalue weighted by Gasteiger charge is 2.19. The quantitative estimate of drug-likeness (QED) is 0.645. The Labute approximate surface area is 164 Å². The second-order valence-corrected chi connectivity index (χ2v) is 8.99. The van der Waals surface area contributed by atoms with Gasteiger partial charge in [-0.3, -0.25) is 9.59 Å². The van der Waals surface area contributed by atoms with Crippen molar-refractivity contribution in [1.29, 1.82) is 0 Å². The van der Waals surface area contributed by atoms with Crippen molar-refractivity contribution in [3.8, 4) is 0 Å². The first-order valence-electron chi connectivity index (χ1n) is 8.86. The molecule has 0 saturated heterocycles. The van der Waals surface area contributed by atoms with Crippen molar-refractivity contribution in [3.63, 3.8) is 0 Å². The molecule has 0 saturated carbocycles. The van der Waals surface area contributed by atoms with Crippen LogP contribution >= 0.6 is 0 Å². The molecule has 154 valence electrons. The van der Waals surface area contributed by atoms with Crippen molar-refractivity contribution in [1.82, 2.24) is 19.2 Å². The molecule has 0 fully saturated rings. The van der Waals surface area contributed by atoms with E-state index in [1.165, 1.54) is 26.2 Å². The zero-order valence-corrected chi connectivity index (χ0v) is 17.5. The third-order valence-electron chi connectivity index (χ3n) is 4.10. The lowest BCUT2D eigenvalue weighted by molar-refractivity contribution is -0.147. The maximum atomic E-state index is 12.3. The van der Waals surface area contributed by atoms with Gasteiger partial charge in [0.2, 0.25) is 15.9 Å². The lowest BCUT2D eigenvalue weighted by atomic mass is 10.3. The van der Waals surface area contributed by atoms with Crippen LogP contribution in [0.15, 0.2) is 23.1 Å². The zero-order valence-electron chi connectivity index (χ0n) is 16.7. The van der Waals surface area contributed by atoms with Gasteiger partial charge in [0, 0.05) is 34.0 Å². The molecule has 1 N–H and O–H groups in total. The van der Waals surface area contributed by atoms with Crippen molar-refractivity contribution in [2.24, 2.45) is 7.05 Å². The molecule has 28 heavy (non-hydrogen) atoms. The Morgan fingerprint density at radius 2 is 1.96 bits per heavy atom. The number of hydrogen-bond acceptors (Lipinski definition) is 6. The average molecular weight is 410 g/mol. The molecular weight excluding hydrogens is 384 g/mol. The van der Waals surface area contributed by atoms with Crippen LogP contribution in [0.3, 0.4) is 0 Å². The normalized spacial score (nSPS) is 12.0. The first-order chi connectivity index (χ1) is 13.0. The standard InChI is InChI=1S/C18H26N4O5S/c1-12(2)27-18(24)11-19-17(23)9-8-16-20-14-10-13(28(25,26)21(3)4)6-7-15(14)22(16)5/h6-7,10,12H,8-9,11H2,1-5H3,(H,19,23). The number of imidazole rings is 1. The molecule has 0 aliphatic rings. The Bertz CT molecular complexity index is 979. The first kappa shape index (κ1) is 21.8. The molecular formula is C18H26N4O5S. The maximum Gasteiger partial charge on any atom is 0.325 e. The summed E-state index contributed by atoms with van der Waals surface area (Å²) in [5.74, 6) is -0.126. The smallest absolute Gasteiger partial charge is 0.325 e. The molecule has 1 heterocycles. The number of carbonyl (C=O) groups excluding carboxylic acids is 2. The minimum Gasteiger partial charge on any atom is -0.462 e. The van der Waals surface area contributed by atoms with Crippen LogP contribution in [0.25, 0.3) is 11.0 Å². The van der Waals surface area contributed by atoms with E-state index in [2.05, 4.69) is 10.3 Å². The second-order valence-electron chi connectivity index (χ2n) is 6.84. The fourth-order valence-electron chi connectivity index (χ4n) is 2.61. The van der Waals surface area contributed by atoms with Gasteiger partial charge in [0.25, 0.3) is 0 Å². The van der Waals surface area contributed by atoms with E-state index in [4.69, 9.17) is 4.74 Å². The van der Waals surface area contributed by atoms with Gasteiger partial charge in [-0.1, -0.05) is 0 Å². The number of nitrogens with zero attached hydrogens (tertiary/aromatic N) is 3. The molecule has 0 unspecified atom stereocenters. The number of carbonyl (C=O) groups is 2. The maximum absolute atomic E-state index is 12.3. The number of rotatable bonds is 8. The molecule has 2 rings (SSSR count). The number of hydrogen-bond donors (Lipinski definition) is 1.